The number of ether oxygens (including phenoxy) is 3. The number of methoxy groups -OCH3 is 2. The van der Waals surface area contributed by atoms with Crippen LogP contribution < -0.4 is 14.8 Å². The molecule has 1 N–H and O–H groups in total. The number of rotatable bonds is 14. The standard InChI is InChI=1S/C23H32N2O6S/c1-4-31-16-8-14-24-23(26)18-25(15-13-19-9-6-5-7-10-19)32(27,28)20-11-12-21(29-2)22(17-20)30-3/h5-7,9-12,17H,4,8,13-16,18H2,1-3H3,(H,24,26). The van der Waals surface area contributed by atoms with Crippen LogP contribution in [-0.4, -0.2) is 65.7 Å². The first-order valence-electron chi connectivity index (χ1n) is 10.5. The minimum Gasteiger partial charge on any atom is -0.493 e. The largest absolute Gasteiger partial charge is 0.493 e. The van der Waals surface area contributed by atoms with E-state index in [1.54, 1.807) is 0 Å². The van der Waals surface area contributed by atoms with Crippen LogP contribution in [0, 0.1) is 0 Å². The summed E-state index contributed by atoms with van der Waals surface area (Å²) in [5.74, 6) is 0.366. The van der Waals surface area contributed by atoms with Gasteiger partial charge in [-0.15, -0.1) is 0 Å². The second kappa shape index (κ2) is 13.0. The minimum absolute atomic E-state index is 0.0346. The first-order valence-corrected chi connectivity index (χ1v) is 12.0. The average molecular weight is 465 g/mol. The summed E-state index contributed by atoms with van der Waals surface area (Å²) in [6, 6.07) is 13.9. The summed E-state index contributed by atoms with van der Waals surface area (Å²) in [6.07, 6.45) is 1.14. The molecule has 0 aliphatic carbocycles. The highest BCUT2D eigenvalue weighted by atomic mass is 32.2. The van der Waals surface area contributed by atoms with Gasteiger partial charge < -0.3 is 19.5 Å². The molecule has 0 fully saturated rings. The van der Waals surface area contributed by atoms with Gasteiger partial charge in [0.1, 0.15) is 0 Å². The molecule has 1 amide bonds. The Morgan fingerprint density at radius 1 is 1.03 bits per heavy atom. The lowest BCUT2D eigenvalue weighted by molar-refractivity contribution is -0.121. The summed E-state index contributed by atoms with van der Waals surface area (Å²) in [5, 5.41) is 2.76. The Labute approximate surface area is 190 Å². The first-order chi connectivity index (χ1) is 15.4. The van der Waals surface area contributed by atoms with Crippen molar-refractivity contribution in [2.75, 3.05) is 47.1 Å². The van der Waals surface area contributed by atoms with Gasteiger partial charge >= 0.3 is 0 Å². The van der Waals surface area contributed by atoms with Crippen LogP contribution in [0.3, 0.4) is 0 Å². The lowest BCUT2D eigenvalue weighted by Gasteiger charge is -2.22. The molecule has 0 aliphatic heterocycles. The second-order valence-corrected chi connectivity index (χ2v) is 8.93. The van der Waals surface area contributed by atoms with E-state index in [-0.39, 0.29) is 23.9 Å². The Hall–Kier alpha value is -2.62. The van der Waals surface area contributed by atoms with Crippen molar-refractivity contribution in [1.29, 1.82) is 0 Å². The second-order valence-electron chi connectivity index (χ2n) is 6.99. The number of benzene rings is 2. The molecule has 0 heterocycles. The lowest BCUT2D eigenvalue weighted by atomic mass is 10.1. The van der Waals surface area contributed by atoms with Gasteiger partial charge in [-0.3, -0.25) is 4.79 Å². The molecule has 0 saturated heterocycles. The Morgan fingerprint density at radius 3 is 2.41 bits per heavy atom. The summed E-state index contributed by atoms with van der Waals surface area (Å²) >= 11 is 0. The van der Waals surface area contributed by atoms with Gasteiger partial charge in [-0.1, -0.05) is 30.3 Å². The Kier molecular flexibility index (Phi) is 10.5. The van der Waals surface area contributed by atoms with Gasteiger partial charge in [-0.05, 0) is 37.5 Å². The lowest BCUT2D eigenvalue weighted by Crippen LogP contribution is -2.42. The predicted molar refractivity (Wildman–Crippen MR) is 123 cm³/mol. The smallest absolute Gasteiger partial charge is 0.243 e. The van der Waals surface area contributed by atoms with E-state index in [0.29, 0.717) is 44.1 Å². The van der Waals surface area contributed by atoms with Gasteiger partial charge in [0.05, 0.1) is 25.7 Å². The quantitative estimate of drug-likeness (QED) is 0.432. The summed E-state index contributed by atoms with van der Waals surface area (Å²) in [4.78, 5) is 12.5. The molecule has 8 nitrogen and oxygen atoms in total. The zero-order chi connectivity index (χ0) is 23.4. The van der Waals surface area contributed by atoms with Crippen LogP contribution in [0.25, 0.3) is 0 Å². The van der Waals surface area contributed by atoms with E-state index in [9.17, 15) is 13.2 Å². The Balaban J connectivity index is 2.19. The van der Waals surface area contributed by atoms with Crippen molar-refractivity contribution in [3.8, 4) is 11.5 Å². The van der Waals surface area contributed by atoms with Crippen LogP contribution in [0.4, 0.5) is 0 Å². The number of sulfonamides is 1. The molecule has 0 aliphatic rings. The van der Waals surface area contributed by atoms with E-state index in [1.807, 2.05) is 37.3 Å². The van der Waals surface area contributed by atoms with E-state index in [0.717, 1.165) is 5.56 Å². The summed E-state index contributed by atoms with van der Waals surface area (Å²) in [5.41, 5.74) is 0.983. The van der Waals surface area contributed by atoms with Gasteiger partial charge in [-0.2, -0.15) is 4.31 Å². The number of nitrogens with one attached hydrogen (secondary N) is 1. The molecule has 0 unspecified atom stereocenters. The van der Waals surface area contributed by atoms with Crippen LogP contribution in [0.1, 0.15) is 18.9 Å². The van der Waals surface area contributed by atoms with Crippen LogP contribution >= 0.6 is 0 Å². The third-order valence-corrected chi connectivity index (χ3v) is 6.64. The first kappa shape index (κ1) is 25.6. The topological polar surface area (TPSA) is 94.2 Å². The Bertz CT molecular complexity index is 950. The molecule has 0 atom stereocenters. The molecule has 0 bridgehead atoms. The van der Waals surface area contributed by atoms with Crippen molar-refractivity contribution >= 4 is 15.9 Å². The van der Waals surface area contributed by atoms with E-state index >= 15 is 0 Å². The van der Waals surface area contributed by atoms with Crippen LogP contribution in [0.5, 0.6) is 11.5 Å². The summed E-state index contributed by atoms with van der Waals surface area (Å²) in [6.45, 7) is 3.36. The zero-order valence-corrected chi connectivity index (χ0v) is 19.7. The van der Waals surface area contributed by atoms with Crippen molar-refractivity contribution in [2.24, 2.45) is 0 Å². The number of hydrogen-bond acceptors (Lipinski definition) is 6. The van der Waals surface area contributed by atoms with E-state index in [2.05, 4.69) is 5.32 Å². The molecule has 2 aromatic rings. The molecular formula is C23H32N2O6S. The van der Waals surface area contributed by atoms with Gasteiger partial charge in [0.25, 0.3) is 0 Å². The fourth-order valence-corrected chi connectivity index (χ4v) is 4.48. The number of carbonyl (C=O) groups excluding carboxylic acids is 1. The van der Waals surface area contributed by atoms with Crippen molar-refractivity contribution < 1.29 is 27.4 Å². The van der Waals surface area contributed by atoms with Crippen molar-refractivity contribution in [3.63, 3.8) is 0 Å². The van der Waals surface area contributed by atoms with Gasteiger partial charge in [0.15, 0.2) is 11.5 Å². The molecule has 176 valence electrons. The maximum absolute atomic E-state index is 13.4. The van der Waals surface area contributed by atoms with Gasteiger partial charge in [-0.25, -0.2) is 8.42 Å². The van der Waals surface area contributed by atoms with Crippen molar-refractivity contribution in [2.45, 2.75) is 24.7 Å². The molecule has 0 saturated carbocycles. The van der Waals surface area contributed by atoms with Crippen molar-refractivity contribution in [3.05, 3.63) is 54.1 Å². The zero-order valence-electron chi connectivity index (χ0n) is 18.9. The fourth-order valence-electron chi connectivity index (χ4n) is 3.07. The third kappa shape index (κ3) is 7.51. The Morgan fingerprint density at radius 2 is 1.75 bits per heavy atom. The summed E-state index contributed by atoms with van der Waals surface area (Å²) in [7, 11) is -1.03. The highest BCUT2D eigenvalue weighted by Crippen LogP contribution is 2.30. The maximum atomic E-state index is 13.4. The number of amides is 1. The molecule has 0 spiro atoms. The van der Waals surface area contributed by atoms with E-state index in [4.69, 9.17) is 14.2 Å². The van der Waals surface area contributed by atoms with Crippen LogP contribution in [0.15, 0.2) is 53.4 Å². The van der Waals surface area contributed by atoms with E-state index < -0.39 is 10.0 Å². The maximum Gasteiger partial charge on any atom is 0.243 e. The molecule has 0 radical (unpaired) electrons. The predicted octanol–water partition coefficient (Wildman–Crippen LogP) is 2.48. The summed E-state index contributed by atoms with van der Waals surface area (Å²) < 4.78 is 43.7. The minimum atomic E-state index is -3.95. The molecule has 2 rings (SSSR count). The molecule has 32 heavy (non-hydrogen) atoms. The number of hydrogen-bond donors (Lipinski definition) is 1. The molecular weight excluding hydrogens is 432 g/mol. The SMILES string of the molecule is CCOCCCNC(=O)CN(CCc1ccccc1)S(=O)(=O)c1ccc(OC)c(OC)c1. The average Bonchev–Trinajstić information content (AvgIpc) is 2.81. The molecule has 2 aromatic carbocycles. The van der Waals surface area contributed by atoms with Gasteiger partial charge in [0, 0.05) is 32.4 Å². The molecule has 9 heteroatoms. The molecule has 0 aromatic heterocycles. The van der Waals surface area contributed by atoms with Crippen molar-refractivity contribution in [1.82, 2.24) is 9.62 Å². The highest BCUT2D eigenvalue weighted by Gasteiger charge is 2.27. The van der Waals surface area contributed by atoms with Crippen LogP contribution in [0.2, 0.25) is 0 Å². The number of nitrogens with zero attached hydrogens (tertiary/aromatic N) is 1. The third-order valence-electron chi connectivity index (χ3n) is 4.80. The number of carbonyl (C=O) groups is 1. The van der Waals surface area contributed by atoms with Crippen LogP contribution in [-0.2, 0) is 26.0 Å². The monoisotopic (exact) mass is 464 g/mol. The fraction of sp³-hybridized carbons (Fsp3) is 0.435. The van der Waals surface area contributed by atoms with Gasteiger partial charge in [0.2, 0.25) is 15.9 Å². The highest BCUT2D eigenvalue weighted by molar-refractivity contribution is 7.89. The normalized spacial score (nSPS) is 11.4. The van der Waals surface area contributed by atoms with E-state index in [1.165, 1.54) is 36.7 Å².